The van der Waals surface area contributed by atoms with Crippen LogP contribution in [0.3, 0.4) is 0 Å². The Morgan fingerprint density at radius 3 is 2.45 bits per heavy atom. The molecule has 4 aromatic rings. The number of benzene rings is 2. The van der Waals surface area contributed by atoms with Gasteiger partial charge in [-0.2, -0.15) is 5.10 Å². The van der Waals surface area contributed by atoms with E-state index in [-0.39, 0.29) is 5.91 Å². The SMILES string of the molecule is COc1ccc(Nc2ccccc2C(=O)Nc2ccc(-n3cccn3)nc2)cc1. The van der Waals surface area contributed by atoms with Crippen LogP contribution in [0.15, 0.2) is 85.3 Å². The topological polar surface area (TPSA) is 81.1 Å². The summed E-state index contributed by atoms with van der Waals surface area (Å²) in [5.41, 5.74) is 2.69. The van der Waals surface area contributed by atoms with Crippen LogP contribution in [0.2, 0.25) is 0 Å². The van der Waals surface area contributed by atoms with E-state index in [4.69, 9.17) is 4.74 Å². The molecule has 0 saturated heterocycles. The summed E-state index contributed by atoms with van der Waals surface area (Å²) >= 11 is 0. The van der Waals surface area contributed by atoms with Crippen molar-refractivity contribution < 1.29 is 9.53 Å². The zero-order valence-electron chi connectivity index (χ0n) is 15.7. The van der Waals surface area contributed by atoms with Gasteiger partial charge in [-0.25, -0.2) is 9.67 Å². The number of carbonyl (C=O) groups is 1. The number of nitrogens with zero attached hydrogens (tertiary/aromatic N) is 3. The Bertz CT molecular complexity index is 1090. The molecule has 2 aromatic heterocycles. The van der Waals surface area contributed by atoms with Crippen molar-refractivity contribution >= 4 is 23.0 Å². The molecule has 29 heavy (non-hydrogen) atoms. The highest BCUT2D eigenvalue weighted by Gasteiger charge is 2.12. The van der Waals surface area contributed by atoms with E-state index in [2.05, 4.69) is 20.7 Å². The fraction of sp³-hybridized carbons (Fsp3) is 0.0455. The number of rotatable bonds is 6. The standard InChI is InChI=1S/C22H19N5O2/c1-29-18-10-7-16(8-11-18)25-20-6-3-2-5-19(20)22(28)26-17-9-12-21(23-15-17)27-14-4-13-24-27/h2-15,25H,1H3,(H,26,28). The van der Waals surface area contributed by atoms with E-state index in [0.29, 0.717) is 22.8 Å². The Kier molecular flexibility index (Phi) is 5.20. The summed E-state index contributed by atoms with van der Waals surface area (Å²) in [5.74, 6) is 1.22. The number of methoxy groups -OCH3 is 1. The van der Waals surface area contributed by atoms with Gasteiger partial charge in [0.05, 0.1) is 30.2 Å². The van der Waals surface area contributed by atoms with Gasteiger partial charge in [0, 0.05) is 18.1 Å². The molecule has 0 radical (unpaired) electrons. The molecule has 7 heteroatoms. The van der Waals surface area contributed by atoms with Crippen molar-refractivity contribution in [2.45, 2.75) is 0 Å². The fourth-order valence-corrected chi connectivity index (χ4v) is 2.82. The van der Waals surface area contributed by atoms with Crippen molar-refractivity contribution in [2.75, 3.05) is 17.7 Å². The average molecular weight is 385 g/mol. The van der Waals surface area contributed by atoms with Gasteiger partial charge in [0.2, 0.25) is 0 Å². The maximum atomic E-state index is 12.8. The summed E-state index contributed by atoms with van der Waals surface area (Å²) in [4.78, 5) is 17.2. The van der Waals surface area contributed by atoms with Gasteiger partial charge in [-0.3, -0.25) is 4.79 Å². The van der Waals surface area contributed by atoms with Gasteiger partial charge in [-0.1, -0.05) is 12.1 Å². The highest BCUT2D eigenvalue weighted by molar-refractivity contribution is 6.08. The van der Waals surface area contributed by atoms with Crippen molar-refractivity contribution in [3.63, 3.8) is 0 Å². The third kappa shape index (κ3) is 4.24. The van der Waals surface area contributed by atoms with Crippen LogP contribution in [-0.4, -0.2) is 27.8 Å². The van der Waals surface area contributed by atoms with Gasteiger partial charge in [0.15, 0.2) is 5.82 Å². The molecule has 144 valence electrons. The number of pyridine rings is 1. The van der Waals surface area contributed by atoms with Crippen molar-refractivity contribution in [3.05, 3.63) is 90.9 Å². The van der Waals surface area contributed by atoms with Crippen molar-refractivity contribution in [2.24, 2.45) is 0 Å². The van der Waals surface area contributed by atoms with E-state index in [1.54, 1.807) is 42.4 Å². The minimum absolute atomic E-state index is 0.227. The van der Waals surface area contributed by atoms with Crippen molar-refractivity contribution in [1.29, 1.82) is 0 Å². The second kappa shape index (κ2) is 8.26. The predicted octanol–water partition coefficient (Wildman–Crippen LogP) is 4.27. The second-order valence-electron chi connectivity index (χ2n) is 6.21. The lowest BCUT2D eigenvalue weighted by atomic mass is 10.1. The van der Waals surface area contributed by atoms with Crippen LogP contribution in [0.25, 0.3) is 5.82 Å². The maximum absolute atomic E-state index is 12.8. The number of anilines is 3. The Morgan fingerprint density at radius 1 is 0.966 bits per heavy atom. The zero-order valence-corrected chi connectivity index (χ0v) is 15.7. The molecule has 7 nitrogen and oxygen atoms in total. The van der Waals surface area contributed by atoms with Crippen LogP contribution in [0.5, 0.6) is 5.75 Å². The largest absolute Gasteiger partial charge is 0.497 e. The summed E-state index contributed by atoms with van der Waals surface area (Å²) in [6.07, 6.45) is 5.10. The summed E-state index contributed by atoms with van der Waals surface area (Å²) in [6.45, 7) is 0. The molecule has 0 unspecified atom stereocenters. The molecule has 0 bridgehead atoms. The molecule has 2 N–H and O–H groups in total. The molecule has 0 aliphatic heterocycles. The Balaban J connectivity index is 1.50. The minimum atomic E-state index is -0.227. The van der Waals surface area contributed by atoms with Gasteiger partial charge >= 0.3 is 0 Å². The van der Waals surface area contributed by atoms with Crippen LogP contribution < -0.4 is 15.4 Å². The maximum Gasteiger partial charge on any atom is 0.257 e. The molecule has 0 aliphatic carbocycles. The molecule has 0 aliphatic rings. The normalized spacial score (nSPS) is 10.4. The van der Waals surface area contributed by atoms with E-state index in [1.807, 2.05) is 54.7 Å². The first-order chi connectivity index (χ1) is 14.2. The predicted molar refractivity (Wildman–Crippen MR) is 112 cm³/mol. The van der Waals surface area contributed by atoms with Crippen LogP contribution in [0.4, 0.5) is 17.1 Å². The molecular weight excluding hydrogens is 366 g/mol. The fourth-order valence-electron chi connectivity index (χ4n) is 2.82. The number of ether oxygens (including phenoxy) is 1. The van der Waals surface area contributed by atoms with Crippen LogP contribution >= 0.6 is 0 Å². The number of carbonyl (C=O) groups excluding carboxylic acids is 1. The van der Waals surface area contributed by atoms with Crippen LogP contribution in [0, 0.1) is 0 Å². The van der Waals surface area contributed by atoms with E-state index >= 15 is 0 Å². The van der Waals surface area contributed by atoms with E-state index in [0.717, 1.165) is 11.4 Å². The van der Waals surface area contributed by atoms with Gasteiger partial charge < -0.3 is 15.4 Å². The Morgan fingerprint density at radius 2 is 1.76 bits per heavy atom. The van der Waals surface area contributed by atoms with Gasteiger partial charge in [-0.05, 0) is 54.6 Å². The van der Waals surface area contributed by atoms with E-state index in [1.165, 1.54) is 0 Å². The quantitative estimate of drug-likeness (QED) is 0.518. The highest BCUT2D eigenvalue weighted by atomic mass is 16.5. The first kappa shape index (κ1) is 18.2. The average Bonchev–Trinajstić information content (AvgIpc) is 3.30. The summed E-state index contributed by atoms with van der Waals surface area (Å²) in [7, 11) is 1.62. The zero-order chi connectivity index (χ0) is 20.1. The first-order valence-corrected chi connectivity index (χ1v) is 9.00. The number of amides is 1. The van der Waals surface area contributed by atoms with Crippen LogP contribution in [-0.2, 0) is 0 Å². The summed E-state index contributed by atoms with van der Waals surface area (Å²) in [5, 5.41) is 10.3. The molecular formula is C22H19N5O2. The number of aromatic nitrogens is 3. The molecule has 0 fully saturated rings. The summed E-state index contributed by atoms with van der Waals surface area (Å²) < 4.78 is 6.83. The lowest BCUT2D eigenvalue weighted by molar-refractivity contribution is 0.102. The summed E-state index contributed by atoms with van der Waals surface area (Å²) in [6, 6.07) is 20.3. The molecule has 4 rings (SSSR count). The number of hydrogen-bond donors (Lipinski definition) is 2. The van der Waals surface area contributed by atoms with E-state index < -0.39 is 0 Å². The highest BCUT2D eigenvalue weighted by Crippen LogP contribution is 2.23. The monoisotopic (exact) mass is 385 g/mol. The van der Waals surface area contributed by atoms with Gasteiger partial charge in [0.1, 0.15) is 5.75 Å². The first-order valence-electron chi connectivity index (χ1n) is 9.00. The Hall–Kier alpha value is -4.13. The molecule has 2 heterocycles. The van der Waals surface area contributed by atoms with Crippen molar-refractivity contribution in [3.8, 4) is 11.6 Å². The Labute approximate surface area is 168 Å². The molecule has 0 spiro atoms. The lowest BCUT2D eigenvalue weighted by Crippen LogP contribution is -2.14. The van der Waals surface area contributed by atoms with Gasteiger partial charge in [-0.15, -0.1) is 0 Å². The van der Waals surface area contributed by atoms with Gasteiger partial charge in [0.25, 0.3) is 5.91 Å². The molecule has 2 aromatic carbocycles. The smallest absolute Gasteiger partial charge is 0.257 e. The third-order valence-corrected chi connectivity index (χ3v) is 4.29. The number of para-hydroxylation sites is 1. The second-order valence-corrected chi connectivity index (χ2v) is 6.21. The van der Waals surface area contributed by atoms with E-state index in [9.17, 15) is 4.79 Å². The molecule has 1 amide bonds. The minimum Gasteiger partial charge on any atom is -0.497 e. The number of hydrogen-bond acceptors (Lipinski definition) is 5. The van der Waals surface area contributed by atoms with Crippen LogP contribution in [0.1, 0.15) is 10.4 Å². The third-order valence-electron chi connectivity index (χ3n) is 4.29. The molecule has 0 saturated carbocycles. The lowest BCUT2D eigenvalue weighted by Gasteiger charge is -2.13. The number of nitrogens with one attached hydrogen (secondary N) is 2. The van der Waals surface area contributed by atoms with Crippen molar-refractivity contribution in [1.82, 2.24) is 14.8 Å². The molecule has 0 atom stereocenters.